The Morgan fingerprint density at radius 2 is 2.08 bits per heavy atom. The van der Waals surface area contributed by atoms with E-state index in [9.17, 15) is 4.79 Å². The topological polar surface area (TPSA) is 55.6 Å². The smallest absolute Gasteiger partial charge is 0.250 e. The number of thioether (sulfide) groups is 1. The number of nitrogens with one attached hydrogen (secondary N) is 1. The summed E-state index contributed by atoms with van der Waals surface area (Å²) in [5.74, 6) is 0.986. The Labute approximate surface area is 147 Å². The van der Waals surface area contributed by atoms with Crippen LogP contribution < -0.4 is 10.2 Å². The van der Waals surface area contributed by atoms with Gasteiger partial charge in [-0.05, 0) is 51.1 Å². The van der Waals surface area contributed by atoms with Crippen LogP contribution in [0.3, 0.4) is 0 Å². The first-order valence-electron chi connectivity index (χ1n) is 7.77. The molecule has 1 amide bonds. The lowest BCUT2D eigenvalue weighted by atomic mass is 10.3. The number of nitrogens with zero attached hydrogens (tertiary/aromatic N) is 2. The van der Waals surface area contributed by atoms with E-state index < -0.39 is 0 Å². The highest BCUT2D eigenvalue weighted by Crippen LogP contribution is 2.20. The fraction of sp³-hybridized carbons (Fsp3) is 0.333. The minimum atomic E-state index is -0.132. The number of benzene rings is 1. The monoisotopic (exact) mass is 345 g/mol. The van der Waals surface area contributed by atoms with Gasteiger partial charge in [-0.2, -0.15) is 5.10 Å². The second kappa shape index (κ2) is 8.59. The number of ether oxygens (including phenoxy) is 1. The number of hydrogen-bond donors (Lipinski definition) is 1. The van der Waals surface area contributed by atoms with Crippen molar-refractivity contribution in [2.45, 2.75) is 31.7 Å². The third kappa shape index (κ3) is 5.16. The van der Waals surface area contributed by atoms with E-state index in [0.717, 1.165) is 16.2 Å². The number of carbonyl (C=O) groups excluding carboxylic acids is 1. The highest BCUT2D eigenvalue weighted by Gasteiger charge is 2.04. The number of aryl methyl sites for hydroxylation is 1. The highest BCUT2D eigenvalue weighted by molar-refractivity contribution is 8.00. The van der Waals surface area contributed by atoms with E-state index >= 15 is 0 Å². The average molecular weight is 345 g/mol. The summed E-state index contributed by atoms with van der Waals surface area (Å²) in [7, 11) is 1.63. The minimum Gasteiger partial charge on any atom is -0.497 e. The normalized spacial score (nSPS) is 11.2. The van der Waals surface area contributed by atoms with Crippen molar-refractivity contribution in [2.24, 2.45) is 5.10 Å². The number of carbonyl (C=O) groups is 1. The summed E-state index contributed by atoms with van der Waals surface area (Å²) in [5.41, 5.74) is 4.71. The predicted molar refractivity (Wildman–Crippen MR) is 99.0 cm³/mol. The second-order valence-corrected chi connectivity index (χ2v) is 6.72. The Kier molecular flexibility index (Phi) is 6.49. The van der Waals surface area contributed by atoms with Gasteiger partial charge in [0, 0.05) is 28.4 Å². The molecule has 24 heavy (non-hydrogen) atoms. The maximum Gasteiger partial charge on any atom is 0.250 e. The van der Waals surface area contributed by atoms with Crippen LogP contribution in [0.2, 0.25) is 0 Å². The zero-order valence-corrected chi connectivity index (χ0v) is 15.3. The van der Waals surface area contributed by atoms with Crippen LogP contribution in [0.25, 0.3) is 0 Å². The van der Waals surface area contributed by atoms with Crippen molar-refractivity contribution in [3.05, 3.63) is 47.8 Å². The summed E-state index contributed by atoms with van der Waals surface area (Å²) in [5, 5.41) is 4.02. The van der Waals surface area contributed by atoms with Crippen LogP contribution >= 0.6 is 11.8 Å². The molecule has 0 spiro atoms. The molecular weight excluding hydrogens is 322 g/mol. The van der Waals surface area contributed by atoms with Crippen molar-refractivity contribution in [1.29, 1.82) is 0 Å². The molecule has 0 saturated heterocycles. The molecule has 0 saturated carbocycles. The zero-order chi connectivity index (χ0) is 17.5. The van der Waals surface area contributed by atoms with E-state index in [2.05, 4.69) is 35.9 Å². The molecular formula is C18H23N3O2S. The molecule has 0 aliphatic rings. The van der Waals surface area contributed by atoms with Crippen LogP contribution in [0.4, 0.5) is 0 Å². The van der Waals surface area contributed by atoms with Crippen molar-refractivity contribution < 1.29 is 9.53 Å². The first kappa shape index (κ1) is 18.1. The van der Waals surface area contributed by atoms with Gasteiger partial charge in [-0.25, -0.2) is 5.43 Å². The summed E-state index contributed by atoms with van der Waals surface area (Å²) in [6, 6.07) is 10.1. The SMILES string of the molecule is COc1ccc(SCC(=O)N/N=C/c2cc(C)n(C(C)C)c2)cc1. The largest absolute Gasteiger partial charge is 0.497 e. The highest BCUT2D eigenvalue weighted by atomic mass is 32.2. The molecule has 2 aromatic rings. The molecule has 1 aromatic heterocycles. The number of amides is 1. The van der Waals surface area contributed by atoms with E-state index in [1.54, 1.807) is 13.3 Å². The summed E-state index contributed by atoms with van der Waals surface area (Å²) >= 11 is 1.46. The predicted octanol–water partition coefficient (Wildman–Crippen LogP) is 3.63. The van der Waals surface area contributed by atoms with Gasteiger partial charge in [0.1, 0.15) is 5.75 Å². The second-order valence-electron chi connectivity index (χ2n) is 5.67. The van der Waals surface area contributed by atoms with Crippen molar-refractivity contribution in [1.82, 2.24) is 9.99 Å². The molecule has 5 nitrogen and oxygen atoms in total. The van der Waals surface area contributed by atoms with Gasteiger partial charge in [-0.1, -0.05) is 0 Å². The molecule has 0 atom stereocenters. The molecule has 0 aliphatic heterocycles. The van der Waals surface area contributed by atoms with Crippen molar-refractivity contribution in [3.63, 3.8) is 0 Å². The molecule has 1 aromatic carbocycles. The van der Waals surface area contributed by atoms with Crippen LogP contribution in [-0.2, 0) is 4.79 Å². The average Bonchev–Trinajstić information content (AvgIpc) is 2.94. The van der Waals surface area contributed by atoms with E-state index in [4.69, 9.17) is 4.74 Å². The van der Waals surface area contributed by atoms with E-state index in [0.29, 0.717) is 11.8 Å². The van der Waals surface area contributed by atoms with Gasteiger partial charge in [0.05, 0.1) is 19.1 Å². The fourth-order valence-corrected chi connectivity index (χ4v) is 2.97. The number of methoxy groups -OCH3 is 1. The first-order chi connectivity index (χ1) is 11.5. The van der Waals surface area contributed by atoms with E-state index in [1.807, 2.05) is 36.5 Å². The van der Waals surface area contributed by atoms with Gasteiger partial charge in [-0.15, -0.1) is 11.8 Å². The van der Waals surface area contributed by atoms with Gasteiger partial charge >= 0.3 is 0 Å². The Morgan fingerprint density at radius 1 is 1.38 bits per heavy atom. The lowest BCUT2D eigenvalue weighted by molar-refractivity contribution is -0.118. The molecule has 1 heterocycles. The molecule has 0 fully saturated rings. The van der Waals surface area contributed by atoms with Gasteiger partial charge in [0.15, 0.2) is 0 Å². The molecule has 1 N–H and O–H groups in total. The van der Waals surface area contributed by atoms with E-state index in [-0.39, 0.29) is 5.91 Å². The molecule has 0 radical (unpaired) electrons. The first-order valence-corrected chi connectivity index (χ1v) is 8.75. The molecule has 0 bridgehead atoms. The number of aromatic nitrogens is 1. The van der Waals surface area contributed by atoms with Gasteiger partial charge in [0.2, 0.25) is 5.91 Å². The Morgan fingerprint density at radius 3 is 2.67 bits per heavy atom. The molecule has 6 heteroatoms. The van der Waals surface area contributed by atoms with Crippen LogP contribution in [0.15, 0.2) is 46.5 Å². The third-order valence-electron chi connectivity index (χ3n) is 3.46. The molecule has 0 aliphatic carbocycles. The Balaban J connectivity index is 1.80. The lowest BCUT2D eigenvalue weighted by Crippen LogP contribution is -2.19. The molecule has 0 unspecified atom stereocenters. The Hall–Kier alpha value is -2.21. The standard InChI is InChI=1S/C18H23N3O2S/c1-13(2)21-11-15(9-14(21)3)10-19-20-18(22)12-24-17-7-5-16(23-4)6-8-17/h5-11,13H,12H2,1-4H3,(H,20,22)/b19-10+. The van der Waals surface area contributed by atoms with E-state index in [1.165, 1.54) is 17.5 Å². The summed E-state index contributed by atoms with van der Waals surface area (Å²) in [4.78, 5) is 12.8. The quantitative estimate of drug-likeness (QED) is 0.474. The summed E-state index contributed by atoms with van der Waals surface area (Å²) < 4.78 is 7.27. The van der Waals surface area contributed by atoms with Crippen molar-refractivity contribution in [2.75, 3.05) is 12.9 Å². The lowest BCUT2D eigenvalue weighted by Gasteiger charge is -2.08. The van der Waals surface area contributed by atoms with Crippen LogP contribution in [0.1, 0.15) is 31.1 Å². The zero-order valence-electron chi connectivity index (χ0n) is 14.4. The van der Waals surface area contributed by atoms with Crippen LogP contribution in [0.5, 0.6) is 5.75 Å². The number of hydrogen-bond acceptors (Lipinski definition) is 4. The summed E-state index contributed by atoms with van der Waals surface area (Å²) in [6.45, 7) is 6.32. The molecule has 128 valence electrons. The van der Waals surface area contributed by atoms with Crippen LogP contribution in [-0.4, -0.2) is 29.6 Å². The maximum atomic E-state index is 11.8. The third-order valence-corrected chi connectivity index (χ3v) is 4.47. The Bertz CT molecular complexity index is 706. The molecule has 2 rings (SSSR count). The van der Waals surface area contributed by atoms with Crippen molar-refractivity contribution >= 4 is 23.9 Å². The van der Waals surface area contributed by atoms with Crippen LogP contribution in [0, 0.1) is 6.92 Å². The fourth-order valence-electron chi connectivity index (χ4n) is 2.27. The number of rotatable bonds is 7. The van der Waals surface area contributed by atoms with Crippen molar-refractivity contribution in [3.8, 4) is 5.75 Å². The van der Waals surface area contributed by atoms with Gasteiger partial charge < -0.3 is 9.30 Å². The summed E-state index contributed by atoms with van der Waals surface area (Å²) in [6.07, 6.45) is 3.70. The number of hydrazone groups is 1. The van der Waals surface area contributed by atoms with Gasteiger partial charge in [-0.3, -0.25) is 4.79 Å². The minimum absolute atomic E-state index is 0.132. The maximum absolute atomic E-state index is 11.8. The van der Waals surface area contributed by atoms with Gasteiger partial charge in [0.25, 0.3) is 0 Å².